The number of morpholine rings is 2. The van der Waals surface area contributed by atoms with E-state index in [1.807, 2.05) is 36.4 Å². The summed E-state index contributed by atoms with van der Waals surface area (Å²) in [6.45, 7) is 12.5. The largest absolute Gasteiger partial charge is 0.508 e. The van der Waals surface area contributed by atoms with Crippen LogP contribution in [0.1, 0.15) is 61.0 Å². The zero-order valence-electron chi connectivity index (χ0n) is 41.4. The predicted octanol–water partition coefficient (Wildman–Crippen LogP) is 5.73. The van der Waals surface area contributed by atoms with Gasteiger partial charge in [-0.3, -0.25) is 19.4 Å². The monoisotopic (exact) mass is 958 g/mol. The molecule has 2 saturated heterocycles. The predicted molar refractivity (Wildman–Crippen MR) is 262 cm³/mol. The van der Waals surface area contributed by atoms with Gasteiger partial charge >= 0.3 is 0 Å². The van der Waals surface area contributed by atoms with Crippen LogP contribution in [-0.2, 0) is 31.9 Å². The molecule has 4 aromatic carbocycles. The van der Waals surface area contributed by atoms with Crippen LogP contribution in [0.5, 0.6) is 46.0 Å². The molecule has 0 spiro atoms. The van der Waals surface area contributed by atoms with Crippen LogP contribution in [0.2, 0.25) is 0 Å². The summed E-state index contributed by atoms with van der Waals surface area (Å²) < 4.78 is 50.4. The lowest BCUT2D eigenvalue weighted by atomic mass is 9.93. The molecule has 4 aliphatic rings. The number of hydrogen-bond donors (Lipinski definition) is 4. The minimum atomic E-state index is -0.205. The Bertz CT molecular complexity index is 2350. The van der Waals surface area contributed by atoms with Crippen molar-refractivity contribution >= 4 is 11.8 Å². The molecule has 376 valence electrons. The summed E-state index contributed by atoms with van der Waals surface area (Å²) in [5.74, 6) is 4.26. The van der Waals surface area contributed by atoms with Crippen molar-refractivity contribution in [3.8, 4) is 68.2 Å². The SMILES string of the molecule is COc1cc2c(c(OC)c1OC)-c1ccc(O)cc1[C@@H](NC(C)=O)CC2.COc1cc2c(c(OC)c1OC)-c1ccc(OCCN3CCOCC3)cc1[C@@H](NC(C)=O)CC2.OCCN1CCOCC1. The Morgan fingerprint density at radius 3 is 1.49 bits per heavy atom. The highest BCUT2D eigenvalue weighted by molar-refractivity contribution is 5.85. The van der Waals surface area contributed by atoms with Gasteiger partial charge in [0.25, 0.3) is 0 Å². The third-order valence-corrected chi connectivity index (χ3v) is 12.6. The number of hydrogen-bond acceptors (Lipinski definition) is 15. The number of methoxy groups -OCH3 is 6. The van der Waals surface area contributed by atoms with Crippen molar-refractivity contribution in [2.75, 3.05) is 122 Å². The molecule has 2 aliphatic carbocycles. The Hall–Kier alpha value is -5.98. The van der Waals surface area contributed by atoms with Gasteiger partial charge in [0.05, 0.1) is 87.8 Å². The molecule has 2 atom stereocenters. The lowest BCUT2D eigenvalue weighted by molar-refractivity contribution is -0.120. The van der Waals surface area contributed by atoms with Gasteiger partial charge in [0.1, 0.15) is 18.1 Å². The average molecular weight is 959 g/mol. The lowest BCUT2D eigenvalue weighted by Crippen LogP contribution is -2.38. The van der Waals surface area contributed by atoms with E-state index in [1.165, 1.54) is 6.92 Å². The maximum atomic E-state index is 12.0. The summed E-state index contributed by atoms with van der Waals surface area (Å²) in [7, 11) is 9.61. The topological polar surface area (TPSA) is 188 Å². The molecule has 4 N–H and O–H groups in total. The van der Waals surface area contributed by atoms with E-state index in [9.17, 15) is 14.7 Å². The van der Waals surface area contributed by atoms with Gasteiger partial charge in [-0.05, 0) is 95.5 Å². The fourth-order valence-electron chi connectivity index (χ4n) is 9.40. The molecule has 0 saturated carbocycles. The van der Waals surface area contributed by atoms with Crippen LogP contribution in [0.15, 0.2) is 48.5 Å². The molecular weight excluding hydrogens is 889 g/mol. The molecule has 0 unspecified atom stereocenters. The van der Waals surface area contributed by atoms with Gasteiger partial charge in [0.15, 0.2) is 23.0 Å². The number of nitrogens with one attached hydrogen (secondary N) is 2. The highest BCUT2D eigenvalue weighted by Crippen LogP contribution is 2.52. The molecule has 17 heteroatoms. The fraction of sp³-hybridized carbons (Fsp3) is 0.500. The molecule has 2 heterocycles. The quantitative estimate of drug-likeness (QED) is 0.120. The molecule has 2 fully saturated rings. The van der Waals surface area contributed by atoms with Crippen LogP contribution in [0.3, 0.4) is 0 Å². The molecule has 0 radical (unpaired) electrons. The van der Waals surface area contributed by atoms with Gasteiger partial charge in [-0.15, -0.1) is 0 Å². The second kappa shape index (κ2) is 25.6. The van der Waals surface area contributed by atoms with E-state index in [1.54, 1.807) is 61.7 Å². The van der Waals surface area contributed by atoms with E-state index >= 15 is 0 Å². The zero-order valence-corrected chi connectivity index (χ0v) is 41.4. The van der Waals surface area contributed by atoms with E-state index in [2.05, 4.69) is 20.4 Å². The molecule has 69 heavy (non-hydrogen) atoms. The number of phenolic OH excluding ortho intramolecular Hbond substituents is 1. The van der Waals surface area contributed by atoms with Crippen molar-refractivity contribution in [1.82, 2.24) is 20.4 Å². The Labute approximate surface area is 405 Å². The second-order valence-corrected chi connectivity index (χ2v) is 16.9. The Kier molecular flexibility index (Phi) is 19.4. The Morgan fingerprint density at radius 2 is 1.06 bits per heavy atom. The molecular formula is C52H70N4O13. The van der Waals surface area contributed by atoms with Gasteiger partial charge in [0.2, 0.25) is 23.3 Å². The number of β-amino-alcohol motifs (C(OH)–C–C–N with tert-alkyl or cyclic N) is 1. The fourth-order valence-corrected chi connectivity index (χ4v) is 9.40. The van der Waals surface area contributed by atoms with Crippen LogP contribution in [-0.4, -0.2) is 153 Å². The number of rotatable bonds is 14. The number of aliphatic hydroxyl groups excluding tert-OH is 1. The average Bonchev–Trinajstić information content (AvgIpc) is 3.60. The minimum absolute atomic E-state index is 0.0670. The molecule has 0 bridgehead atoms. The minimum Gasteiger partial charge on any atom is -0.508 e. The lowest BCUT2D eigenvalue weighted by Gasteiger charge is -2.26. The van der Waals surface area contributed by atoms with E-state index in [0.29, 0.717) is 53.9 Å². The molecule has 17 nitrogen and oxygen atoms in total. The van der Waals surface area contributed by atoms with Crippen molar-refractivity contribution < 1.29 is 62.4 Å². The van der Waals surface area contributed by atoms with E-state index in [-0.39, 0.29) is 36.3 Å². The molecule has 8 rings (SSSR count). The highest BCUT2D eigenvalue weighted by Gasteiger charge is 2.31. The number of carbonyl (C=O) groups is 2. The highest BCUT2D eigenvalue weighted by atomic mass is 16.5. The van der Waals surface area contributed by atoms with Gasteiger partial charge in [-0.25, -0.2) is 0 Å². The first-order valence-corrected chi connectivity index (χ1v) is 23.5. The second-order valence-electron chi connectivity index (χ2n) is 16.9. The number of phenols is 1. The number of benzene rings is 4. The van der Waals surface area contributed by atoms with E-state index in [4.69, 9.17) is 47.7 Å². The van der Waals surface area contributed by atoms with Crippen LogP contribution in [0.25, 0.3) is 22.3 Å². The van der Waals surface area contributed by atoms with Gasteiger partial charge in [-0.2, -0.15) is 0 Å². The Balaban J connectivity index is 0.000000196. The number of aromatic hydroxyl groups is 1. The maximum Gasteiger partial charge on any atom is 0.217 e. The first kappa shape index (κ1) is 52.4. The molecule has 4 aromatic rings. The number of aliphatic hydroxyl groups is 1. The van der Waals surface area contributed by atoms with E-state index in [0.717, 1.165) is 129 Å². The third kappa shape index (κ3) is 13.0. The van der Waals surface area contributed by atoms with Gasteiger partial charge < -0.3 is 63.5 Å². The summed E-state index contributed by atoms with van der Waals surface area (Å²) in [5.41, 5.74) is 7.73. The van der Waals surface area contributed by atoms with Gasteiger partial charge in [0, 0.05) is 64.2 Å². The third-order valence-electron chi connectivity index (χ3n) is 12.6. The zero-order chi connectivity index (χ0) is 49.5. The van der Waals surface area contributed by atoms with E-state index < -0.39 is 0 Å². The summed E-state index contributed by atoms with van der Waals surface area (Å²) in [5, 5.41) is 24.6. The van der Waals surface area contributed by atoms with Crippen molar-refractivity contribution in [2.24, 2.45) is 0 Å². The number of nitrogens with zero attached hydrogens (tertiary/aromatic N) is 2. The number of amides is 2. The maximum absolute atomic E-state index is 12.0. The van der Waals surface area contributed by atoms with Crippen LogP contribution in [0.4, 0.5) is 0 Å². The summed E-state index contributed by atoms with van der Waals surface area (Å²) >= 11 is 0. The summed E-state index contributed by atoms with van der Waals surface area (Å²) in [4.78, 5) is 28.3. The molecule has 2 amide bonds. The smallest absolute Gasteiger partial charge is 0.217 e. The van der Waals surface area contributed by atoms with Crippen molar-refractivity contribution in [2.45, 2.75) is 51.6 Å². The first-order chi connectivity index (χ1) is 33.5. The van der Waals surface area contributed by atoms with Crippen molar-refractivity contribution in [3.63, 3.8) is 0 Å². The van der Waals surface area contributed by atoms with Gasteiger partial charge in [-0.1, -0.05) is 12.1 Å². The van der Waals surface area contributed by atoms with Crippen molar-refractivity contribution in [1.29, 1.82) is 0 Å². The first-order valence-electron chi connectivity index (χ1n) is 23.5. The van der Waals surface area contributed by atoms with Crippen LogP contribution < -0.4 is 43.8 Å². The van der Waals surface area contributed by atoms with Crippen molar-refractivity contribution in [3.05, 3.63) is 70.8 Å². The standard InChI is InChI=1S/C26H34N2O6.C20H23NO5.C6H13NO2/c1-17(29)27-22-8-5-18-15-23(30-2)25(31-3)26(32-4)24(18)20-7-6-19(16-21(20)22)34-14-11-28-9-12-33-13-10-28;1-11(22)21-16-8-5-12-9-17(24-2)19(25-3)20(26-4)18(12)14-7-6-13(23)10-15(14)16;8-4-1-7-2-5-9-6-3-7/h6-7,15-16,22H,5,8-14H2,1-4H3,(H,27,29);6-7,9-10,16,23H,5,8H2,1-4H3,(H,21,22);8H,1-6H2/t22-;16-;/m00./s1. The number of fused-ring (bicyclic) bond motifs is 6. The Morgan fingerprint density at radius 1 is 0.609 bits per heavy atom. The molecule has 0 aromatic heterocycles. The number of aryl methyl sites for hydroxylation is 2. The summed E-state index contributed by atoms with van der Waals surface area (Å²) in [6, 6.07) is 14.8. The number of ether oxygens (including phenoxy) is 9. The summed E-state index contributed by atoms with van der Waals surface area (Å²) in [6.07, 6.45) is 2.91. The van der Waals surface area contributed by atoms with Crippen LogP contribution >= 0.6 is 0 Å². The normalized spacial score (nSPS) is 17.4. The molecule has 2 aliphatic heterocycles. The number of carbonyl (C=O) groups excluding carboxylic acids is 2. The van der Waals surface area contributed by atoms with Crippen LogP contribution in [0, 0.1) is 0 Å².